The van der Waals surface area contributed by atoms with Gasteiger partial charge >= 0.3 is 0 Å². The van der Waals surface area contributed by atoms with E-state index in [9.17, 15) is 0 Å². The van der Waals surface area contributed by atoms with Gasteiger partial charge in [-0.05, 0) is 24.9 Å². The molecule has 0 atom stereocenters. The van der Waals surface area contributed by atoms with Crippen LogP contribution in [-0.4, -0.2) is 21.3 Å². The van der Waals surface area contributed by atoms with E-state index in [0.717, 1.165) is 12.1 Å². The monoisotopic (exact) mass is 213 g/mol. The standard InChI is InChI=1S/C10H19N3S/c1-3-14-6-4-5-13-9(2)10(7-11)8-12-13/h8H,3-7,11H2,1-2H3. The predicted octanol–water partition coefficient (Wildman–Crippen LogP) is 1.79. The summed E-state index contributed by atoms with van der Waals surface area (Å²) in [4.78, 5) is 0. The van der Waals surface area contributed by atoms with Crippen LogP contribution in [0.15, 0.2) is 6.20 Å². The minimum absolute atomic E-state index is 0.593. The lowest BCUT2D eigenvalue weighted by Crippen LogP contribution is -2.05. The summed E-state index contributed by atoms with van der Waals surface area (Å²) in [6.45, 7) is 5.88. The quantitative estimate of drug-likeness (QED) is 0.733. The average molecular weight is 213 g/mol. The SMILES string of the molecule is CCSCCCn1ncc(CN)c1C. The van der Waals surface area contributed by atoms with Crippen LogP contribution in [0.2, 0.25) is 0 Å². The van der Waals surface area contributed by atoms with Gasteiger partial charge in [0, 0.05) is 24.3 Å². The lowest BCUT2D eigenvalue weighted by molar-refractivity contribution is 0.589. The molecule has 1 aromatic rings. The van der Waals surface area contributed by atoms with Gasteiger partial charge in [0.2, 0.25) is 0 Å². The molecule has 0 aromatic carbocycles. The van der Waals surface area contributed by atoms with Crippen LogP contribution in [-0.2, 0) is 13.1 Å². The Morgan fingerprint density at radius 1 is 1.57 bits per heavy atom. The molecular formula is C10H19N3S. The number of hydrogen-bond acceptors (Lipinski definition) is 3. The first-order valence-electron chi connectivity index (χ1n) is 5.08. The molecule has 0 amide bonds. The molecule has 0 unspecified atom stereocenters. The van der Waals surface area contributed by atoms with Gasteiger partial charge in [-0.25, -0.2) is 0 Å². The van der Waals surface area contributed by atoms with Crippen LogP contribution in [0, 0.1) is 6.92 Å². The third-order valence-electron chi connectivity index (χ3n) is 2.29. The van der Waals surface area contributed by atoms with Gasteiger partial charge < -0.3 is 5.73 Å². The molecule has 0 spiro atoms. The van der Waals surface area contributed by atoms with Crippen molar-refractivity contribution in [2.75, 3.05) is 11.5 Å². The normalized spacial score (nSPS) is 10.8. The van der Waals surface area contributed by atoms with Crippen LogP contribution >= 0.6 is 11.8 Å². The largest absolute Gasteiger partial charge is 0.326 e. The van der Waals surface area contributed by atoms with Crippen LogP contribution in [0.1, 0.15) is 24.6 Å². The molecule has 0 radical (unpaired) electrons. The minimum Gasteiger partial charge on any atom is -0.326 e. The van der Waals surface area contributed by atoms with E-state index in [2.05, 4.69) is 23.6 Å². The van der Waals surface area contributed by atoms with E-state index >= 15 is 0 Å². The van der Waals surface area contributed by atoms with E-state index in [1.807, 2.05) is 18.0 Å². The molecule has 0 aliphatic heterocycles. The summed E-state index contributed by atoms with van der Waals surface area (Å²) in [6, 6.07) is 0. The Hall–Kier alpha value is -0.480. The van der Waals surface area contributed by atoms with Crippen LogP contribution < -0.4 is 5.73 Å². The highest BCUT2D eigenvalue weighted by molar-refractivity contribution is 7.99. The molecule has 0 aliphatic carbocycles. The molecule has 14 heavy (non-hydrogen) atoms. The lowest BCUT2D eigenvalue weighted by Gasteiger charge is -2.04. The Labute approximate surface area is 90.1 Å². The fraction of sp³-hybridized carbons (Fsp3) is 0.700. The molecule has 0 bridgehead atoms. The smallest absolute Gasteiger partial charge is 0.0537 e. The maximum atomic E-state index is 5.58. The number of aromatic nitrogens is 2. The number of aryl methyl sites for hydroxylation is 1. The zero-order valence-corrected chi connectivity index (χ0v) is 9.81. The van der Waals surface area contributed by atoms with Gasteiger partial charge in [-0.2, -0.15) is 16.9 Å². The zero-order valence-electron chi connectivity index (χ0n) is 8.99. The Bertz CT molecular complexity index is 270. The summed E-state index contributed by atoms with van der Waals surface area (Å²) in [5.74, 6) is 2.42. The molecule has 1 aromatic heterocycles. The van der Waals surface area contributed by atoms with Crippen molar-refractivity contribution in [1.82, 2.24) is 9.78 Å². The molecule has 0 fully saturated rings. The van der Waals surface area contributed by atoms with Crippen molar-refractivity contribution < 1.29 is 0 Å². The zero-order chi connectivity index (χ0) is 10.4. The Balaban J connectivity index is 2.39. The highest BCUT2D eigenvalue weighted by Crippen LogP contribution is 2.08. The second kappa shape index (κ2) is 6.09. The molecule has 4 heteroatoms. The van der Waals surface area contributed by atoms with E-state index in [1.54, 1.807) is 0 Å². The minimum atomic E-state index is 0.593. The number of nitrogens with two attached hydrogens (primary N) is 1. The summed E-state index contributed by atoms with van der Waals surface area (Å²) in [7, 11) is 0. The first-order chi connectivity index (χ1) is 6.79. The van der Waals surface area contributed by atoms with Gasteiger partial charge in [0.25, 0.3) is 0 Å². The van der Waals surface area contributed by atoms with Gasteiger partial charge in [0.15, 0.2) is 0 Å². The second-order valence-corrected chi connectivity index (χ2v) is 4.63. The number of hydrogen-bond donors (Lipinski definition) is 1. The van der Waals surface area contributed by atoms with Gasteiger partial charge in [0.1, 0.15) is 0 Å². The molecule has 3 nitrogen and oxygen atoms in total. The fourth-order valence-electron chi connectivity index (χ4n) is 1.37. The number of rotatable bonds is 6. The third-order valence-corrected chi connectivity index (χ3v) is 3.27. The summed E-state index contributed by atoms with van der Waals surface area (Å²) >= 11 is 1.98. The Morgan fingerprint density at radius 2 is 2.36 bits per heavy atom. The average Bonchev–Trinajstić information content (AvgIpc) is 2.55. The number of nitrogens with zero attached hydrogens (tertiary/aromatic N) is 2. The highest BCUT2D eigenvalue weighted by atomic mass is 32.2. The summed E-state index contributed by atoms with van der Waals surface area (Å²) < 4.78 is 2.05. The van der Waals surface area contributed by atoms with Crippen molar-refractivity contribution in [2.24, 2.45) is 5.73 Å². The van der Waals surface area contributed by atoms with Crippen molar-refractivity contribution >= 4 is 11.8 Å². The van der Waals surface area contributed by atoms with E-state index in [1.165, 1.54) is 23.6 Å². The van der Waals surface area contributed by atoms with Gasteiger partial charge in [-0.15, -0.1) is 0 Å². The summed E-state index contributed by atoms with van der Waals surface area (Å²) in [6.07, 6.45) is 3.06. The highest BCUT2D eigenvalue weighted by Gasteiger charge is 2.03. The molecule has 2 N–H and O–H groups in total. The summed E-state index contributed by atoms with van der Waals surface area (Å²) in [5.41, 5.74) is 7.96. The van der Waals surface area contributed by atoms with Crippen LogP contribution in [0.25, 0.3) is 0 Å². The van der Waals surface area contributed by atoms with Crippen molar-refractivity contribution in [3.05, 3.63) is 17.5 Å². The second-order valence-electron chi connectivity index (χ2n) is 3.23. The Morgan fingerprint density at radius 3 is 2.93 bits per heavy atom. The molecule has 1 rings (SSSR count). The van der Waals surface area contributed by atoms with Crippen molar-refractivity contribution in [1.29, 1.82) is 0 Å². The first kappa shape index (κ1) is 11.6. The maximum Gasteiger partial charge on any atom is 0.0537 e. The van der Waals surface area contributed by atoms with Crippen LogP contribution in [0.3, 0.4) is 0 Å². The van der Waals surface area contributed by atoms with E-state index < -0.39 is 0 Å². The molecular weight excluding hydrogens is 194 g/mol. The molecule has 0 saturated carbocycles. The molecule has 0 aliphatic rings. The van der Waals surface area contributed by atoms with E-state index in [-0.39, 0.29) is 0 Å². The van der Waals surface area contributed by atoms with E-state index in [4.69, 9.17) is 5.73 Å². The van der Waals surface area contributed by atoms with Crippen molar-refractivity contribution in [2.45, 2.75) is 33.4 Å². The topological polar surface area (TPSA) is 43.8 Å². The third kappa shape index (κ3) is 3.03. The van der Waals surface area contributed by atoms with Gasteiger partial charge in [0.05, 0.1) is 6.20 Å². The summed E-state index contributed by atoms with van der Waals surface area (Å²) in [5, 5.41) is 4.31. The first-order valence-corrected chi connectivity index (χ1v) is 6.24. The van der Waals surface area contributed by atoms with Crippen molar-refractivity contribution in [3.8, 4) is 0 Å². The van der Waals surface area contributed by atoms with Crippen LogP contribution in [0.4, 0.5) is 0 Å². The van der Waals surface area contributed by atoms with Crippen molar-refractivity contribution in [3.63, 3.8) is 0 Å². The van der Waals surface area contributed by atoms with Gasteiger partial charge in [-0.3, -0.25) is 4.68 Å². The maximum absolute atomic E-state index is 5.58. The Kier molecular flexibility index (Phi) is 5.04. The molecule has 0 saturated heterocycles. The van der Waals surface area contributed by atoms with E-state index in [0.29, 0.717) is 6.54 Å². The fourth-order valence-corrected chi connectivity index (χ4v) is 1.99. The molecule has 80 valence electrons. The van der Waals surface area contributed by atoms with Crippen LogP contribution in [0.5, 0.6) is 0 Å². The lowest BCUT2D eigenvalue weighted by atomic mass is 10.3. The number of thioether (sulfide) groups is 1. The van der Waals surface area contributed by atoms with Gasteiger partial charge in [-0.1, -0.05) is 6.92 Å². The predicted molar refractivity (Wildman–Crippen MR) is 62.5 cm³/mol. The molecule has 1 heterocycles.